The van der Waals surface area contributed by atoms with Gasteiger partial charge >= 0.3 is 6.03 Å². The van der Waals surface area contributed by atoms with Gasteiger partial charge in [-0.05, 0) is 63.0 Å². The van der Waals surface area contributed by atoms with E-state index in [1.807, 2.05) is 13.8 Å². The molecule has 1 heterocycles. The molecule has 3 rings (SSSR count). The molecule has 3 amide bonds. The summed E-state index contributed by atoms with van der Waals surface area (Å²) in [7, 11) is 0. The van der Waals surface area contributed by atoms with E-state index in [0.717, 1.165) is 12.1 Å². The van der Waals surface area contributed by atoms with E-state index in [-0.39, 0.29) is 18.0 Å². The SMILES string of the molecule is CC(C)NC(=O)Nc1ccccc1C(=O)NCc1ccc(CN2CCCC2)cc1. The number of para-hydroxylation sites is 1. The number of nitrogens with zero attached hydrogens (tertiary/aromatic N) is 1. The fourth-order valence-corrected chi connectivity index (χ4v) is 3.45. The van der Waals surface area contributed by atoms with Crippen LogP contribution in [-0.4, -0.2) is 36.0 Å². The Hall–Kier alpha value is -2.86. The van der Waals surface area contributed by atoms with Gasteiger partial charge in [0, 0.05) is 19.1 Å². The Labute approximate surface area is 172 Å². The maximum absolute atomic E-state index is 12.7. The first-order valence-corrected chi connectivity index (χ1v) is 10.3. The van der Waals surface area contributed by atoms with Crippen molar-refractivity contribution in [2.24, 2.45) is 0 Å². The lowest BCUT2D eigenvalue weighted by Gasteiger charge is -2.15. The van der Waals surface area contributed by atoms with Crippen molar-refractivity contribution in [3.8, 4) is 0 Å². The fourth-order valence-electron chi connectivity index (χ4n) is 3.45. The minimum Gasteiger partial charge on any atom is -0.348 e. The van der Waals surface area contributed by atoms with Gasteiger partial charge in [-0.15, -0.1) is 0 Å². The average molecular weight is 395 g/mol. The lowest BCUT2D eigenvalue weighted by atomic mass is 10.1. The zero-order valence-corrected chi connectivity index (χ0v) is 17.2. The van der Waals surface area contributed by atoms with Crippen LogP contribution in [-0.2, 0) is 13.1 Å². The van der Waals surface area contributed by atoms with Crippen LogP contribution in [0.4, 0.5) is 10.5 Å². The third-order valence-corrected chi connectivity index (χ3v) is 4.92. The van der Waals surface area contributed by atoms with Crippen LogP contribution in [0.5, 0.6) is 0 Å². The summed E-state index contributed by atoms with van der Waals surface area (Å²) in [5.41, 5.74) is 3.28. The van der Waals surface area contributed by atoms with E-state index >= 15 is 0 Å². The summed E-state index contributed by atoms with van der Waals surface area (Å²) in [6, 6.07) is 15.1. The van der Waals surface area contributed by atoms with Crippen molar-refractivity contribution in [2.75, 3.05) is 18.4 Å². The summed E-state index contributed by atoms with van der Waals surface area (Å²) in [6.45, 7) is 7.56. The minimum atomic E-state index is -0.325. The molecule has 2 aromatic carbocycles. The number of nitrogens with one attached hydrogen (secondary N) is 3. The average Bonchev–Trinajstić information content (AvgIpc) is 3.20. The van der Waals surface area contributed by atoms with E-state index in [0.29, 0.717) is 17.8 Å². The van der Waals surface area contributed by atoms with Crippen LogP contribution in [0.15, 0.2) is 48.5 Å². The summed E-state index contributed by atoms with van der Waals surface area (Å²) in [4.78, 5) is 27.1. The highest BCUT2D eigenvalue weighted by molar-refractivity contribution is 6.03. The highest BCUT2D eigenvalue weighted by Crippen LogP contribution is 2.16. The standard InChI is InChI=1S/C23H30N4O2/c1-17(2)25-23(29)26-21-8-4-3-7-20(21)22(28)24-15-18-9-11-19(12-10-18)16-27-13-5-6-14-27/h3-4,7-12,17H,5-6,13-16H2,1-2H3,(H,24,28)(H2,25,26,29). The van der Waals surface area contributed by atoms with Crippen LogP contribution in [0.2, 0.25) is 0 Å². The molecule has 1 aliphatic rings. The Balaban J connectivity index is 1.55. The third-order valence-electron chi connectivity index (χ3n) is 4.92. The number of benzene rings is 2. The van der Waals surface area contributed by atoms with Crippen molar-refractivity contribution in [3.63, 3.8) is 0 Å². The van der Waals surface area contributed by atoms with Gasteiger partial charge in [-0.1, -0.05) is 36.4 Å². The van der Waals surface area contributed by atoms with Gasteiger partial charge in [0.25, 0.3) is 5.91 Å². The highest BCUT2D eigenvalue weighted by atomic mass is 16.2. The quantitative estimate of drug-likeness (QED) is 0.670. The zero-order chi connectivity index (χ0) is 20.6. The molecule has 0 aromatic heterocycles. The Morgan fingerprint density at radius 1 is 0.966 bits per heavy atom. The van der Waals surface area contributed by atoms with Crippen molar-refractivity contribution >= 4 is 17.6 Å². The van der Waals surface area contributed by atoms with E-state index in [2.05, 4.69) is 45.1 Å². The smallest absolute Gasteiger partial charge is 0.319 e. The number of carbonyl (C=O) groups excluding carboxylic acids is 2. The maximum Gasteiger partial charge on any atom is 0.319 e. The van der Waals surface area contributed by atoms with Crippen molar-refractivity contribution < 1.29 is 9.59 Å². The van der Waals surface area contributed by atoms with Crippen LogP contribution in [0.3, 0.4) is 0 Å². The zero-order valence-electron chi connectivity index (χ0n) is 17.2. The van der Waals surface area contributed by atoms with Crippen LogP contribution in [0.1, 0.15) is 48.2 Å². The topological polar surface area (TPSA) is 73.5 Å². The second-order valence-corrected chi connectivity index (χ2v) is 7.78. The van der Waals surface area contributed by atoms with Crippen LogP contribution < -0.4 is 16.0 Å². The summed E-state index contributed by atoms with van der Waals surface area (Å²) >= 11 is 0. The highest BCUT2D eigenvalue weighted by Gasteiger charge is 2.14. The molecule has 1 fully saturated rings. The first-order chi connectivity index (χ1) is 14.0. The number of amides is 3. The van der Waals surface area contributed by atoms with E-state index in [1.165, 1.54) is 31.5 Å². The molecule has 6 heteroatoms. The van der Waals surface area contributed by atoms with Crippen molar-refractivity contribution in [1.82, 2.24) is 15.5 Å². The monoisotopic (exact) mass is 394 g/mol. The fraction of sp³-hybridized carbons (Fsp3) is 0.391. The largest absolute Gasteiger partial charge is 0.348 e. The summed E-state index contributed by atoms with van der Waals surface area (Å²) in [5, 5.41) is 8.45. The van der Waals surface area contributed by atoms with Gasteiger partial charge in [0.05, 0.1) is 11.3 Å². The number of rotatable bonds is 7. The molecule has 0 bridgehead atoms. The lowest BCUT2D eigenvalue weighted by molar-refractivity contribution is 0.0952. The summed E-state index contributed by atoms with van der Waals surface area (Å²) < 4.78 is 0. The Bertz CT molecular complexity index is 827. The lowest BCUT2D eigenvalue weighted by Crippen LogP contribution is -2.35. The second kappa shape index (κ2) is 10.1. The molecule has 6 nitrogen and oxygen atoms in total. The van der Waals surface area contributed by atoms with Gasteiger partial charge < -0.3 is 16.0 Å². The van der Waals surface area contributed by atoms with Crippen molar-refractivity contribution in [2.45, 2.75) is 45.8 Å². The third kappa shape index (κ3) is 6.32. The molecule has 1 aliphatic heterocycles. The number of anilines is 1. The molecule has 29 heavy (non-hydrogen) atoms. The second-order valence-electron chi connectivity index (χ2n) is 7.78. The van der Waals surface area contributed by atoms with E-state index in [4.69, 9.17) is 0 Å². The van der Waals surface area contributed by atoms with Gasteiger partial charge in [0.15, 0.2) is 0 Å². The number of likely N-dealkylation sites (tertiary alicyclic amines) is 1. The summed E-state index contributed by atoms with van der Waals surface area (Å²) in [6.07, 6.45) is 2.58. The molecule has 0 aliphatic carbocycles. The van der Waals surface area contributed by atoms with Gasteiger partial charge in [-0.2, -0.15) is 0 Å². The molecule has 0 unspecified atom stereocenters. The Kier molecular flexibility index (Phi) is 7.25. The van der Waals surface area contributed by atoms with Gasteiger partial charge in [-0.3, -0.25) is 9.69 Å². The molecule has 0 atom stereocenters. The molecule has 2 aromatic rings. The van der Waals surface area contributed by atoms with Crippen LogP contribution in [0, 0.1) is 0 Å². The Morgan fingerprint density at radius 3 is 2.31 bits per heavy atom. The van der Waals surface area contributed by atoms with Crippen molar-refractivity contribution in [3.05, 3.63) is 65.2 Å². The first kappa shape index (κ1) is 20.9. The summed E-state index contributed by atoms with van der Waals surface area (Å²) in [5.74, 6) is -0.216. The normalized spacial score (nSPS) is 14.0. The molecule has 154 valence electrons. The predicted octanol–water partition coefficient (Wildman–Crippen LogP) is 3.74. The Morgan fingerprint density at radius 2 is 1.62 bits per heavy atom. The van der Waals surface area contributed by atoms with Gasteiger partial charge in [0.2, 0.25) is 0 Å². The molecule has 0 radical (unpaired) electrons. The number of hydrogen-bond donors (Lipinski definition) is 3. The van der Waals surface area contributed by atoms with Crippen molar-refractivity contribution in [1.29, 1.82) is 0 Å². The van der Waals surface area contributed by atoms with Crippen LogP contribution in [0.25, 0.3) is 0 Å². The minimum absolute atomic E-state index is 0.0180. The van der Waals surface area contributed by atoms with E-state index in [9.17, 15) is 9.59 Å². The van der Waals surface area contributed by atoms with Crippen LogP contribution >= 0.6 is 0 Å². The molecular formula is C23H30N4O2. The predicted molar refractivity (Wildman–Crippen MR) is 116 cm³/mol. The number of hydrogen-bond acceptors (Lipinski definition) is 3. The van der Waals surface area contributed by atoms with Gasteiger partial charge in [-0.25, -0.2) is 4.79 Å². The first-order valence-electron chi connectivity index (χ1n) is 10.3. The maximum atomic E-state index is 12.7. The molecule has 0 spiro atoms. The number of carbonyl (C=O) groups is 2. The number of urea groups is 1. The van der Waals surface area contributed by atoms with E-state index in [1.54, 1.807) is 24.3 Å². The molecule has 1 saturated heterocycles. The molecular weight excluding hydrogens is 364 g/mol. The molecule has 3 N–H and O–H groups in total. The van der Waals surface area contributed by atoms with Gasteiger partial charge in [0.1, 0.15) is 0 Å². The van der Waals surface area contributed by atoms with E-state index < -0.39 is 0 Å². The molecule has 0 saturated carbocycles.